The van der Waals surface area contributed by atoms with Crippen molar-refractivity contribution in [1.29, 1.82) is 0 Å². The molecule has 7 heteroatoms. The van der Waals surface area contributed by atoms with Gasteiger partial charge in [-0.1, -0.05) is 34.8 Å². The van der Waals surface area contributed by atoms with Gasteiger partial charge in [-0.05, 0) is 37.6 Å². The molecule has 0 aliphatic rings. The van der Waals surface area contributed by atoms with Crippen LogP contribution in [0.2, 0.25) is 15.1 Å². The number of aryl methyl sites for hydroxylation is 2. The first-order chi connectivity index (χ1) is 9.93. The fraction of sp³-hybridized carbons (Fsp3) is 0.357. The largest absolute Gasteiger partial charge is 0.485 e. The van der Waals surface area contributed by atoms with E-state index in [2.05, 4.69) is 5.10 Å². The molecule has 4 nitrogen and oxygen atoms in total. The summed E-state index contributed by atoms with van der Waals surface area (Å²) < 4.78 is 7.54. The van der Waals surface area contributed by atoms with Gasteiger partial charge in [0.1, 0.15) is 12.4 Å². The third kappa shape index (κ3) is 3.64. The van der Waals surface area contributed by atoms with Gasteiger partial charge in [-0.15, -0.1) is 0 Å². The SMILES string of the molecule is Cc1nn(C)c(COc2c(Cl)cc(Cl)cc2CCN)c1Cl. The van der Waals surface area contributed by atoms with Gasteiger partial charge < -0.3 is 10.5 Å². The first-order valence-corrected chi connectivity index (χ1v) is 7.56. The van der Waals surface area contributed by atoms with Gasteiger partial charge in [0.2, 0.25) is 0 Å². The van der Waals surface area contributed by atoms with Crippen molar-refractivity contribution in [2.45, 2.75) is 20.0 Å². The van der Waals surface area contributed by atoms with Crippen molar-refractivity contribution in [2.75, 3.05) is 6.54 Å². The Morgan fingerprint density at radius 3 is 2.57 bits per heavy atom. The molecule has 0 saturated heterocycles. The Kier molecular flexibility index (Phi) is 5.38. The summed E-state index contributed by atoms with van der Waals surface area (Å²) in [5, 5.41) is 5.87. The molecule has 0 bridgehead atoms. The van der Waals surface area contributed by atoms with Crippen molar-refractivity contribution in [3.8, 4) is 5.75 Å². The van der Waals surface area contributed by atoms with Crippen LogP contribution in [0.3, 0.4) is 0 Å². The number of aromatic nitrogens is 2. The van der Waals surface area contributed by atoms with Crippen molar-refractivity contribution in [1.82, 2.24) is 9.78 Å². The van der Waals surface area contributed by atoms with Crippen LogP contribution >= 0.6 is 34.8 Å². The van der Waals surface area contributed by atoms with Crippen molar-refractivity contribution < 1.29 is 4.74 Å². The third-order valence-corrected chi connectivity index (χ3v) is 4.10. The number of benzene rings is 1. The lowest BCUT2D eigenvalue weighted by Crippen LogP contribution is -2.08. The van der Waals surface area contributed by atoms with Crippen LogP contribution in [-0.4, -0.2) is 16.3 Å². The average Bonchev–Trinajstić information content (AvgIpc) is 2.64. The van der Waals surface area contributed by atoms with Crippen LogP contribution in [0.15, 0.2) is 12.1 Å². The highest BCUT2D eigenvalue weighted by molar-refractivity contribution is 6.35. The maximum absolute atomic E-state index is 6.22. The fourth-order valence-electron chi connectivity index (χ4n) is 2.09. The molecule has 114 valence electrons. The number of nitrogens with zero attached hydrogens (tertiary/aromatic N) is 2. The van der Waals surface area contributed by atoms with Crippen LogP contribution in [0.4, 0.5) is 0 Å². The summed E-state index contributed by atoms with van der Waals surface area (Å²) >= 11 is 18.4. The predicted molar refractivity (Wildman–Crippen MR) is 86.5 cm³/mol. The molecular formula is C14H16Cl3N3O. The Morgan fingerprint density at radius 2 is 2.00 bits per heavy atom. The molecule has 0 unspecified atom stereocenters. The van der Waals surface area contributed by atoms with Crippen LogP contribution in [0.1, 0.15) is 17.0 Å². The second-order valence-corrected chi connectivity index (χ2v) is 5.89. The van der Waals surface area contributed by atoms with Gasteiger partial charge in [0.25, 0.3) is 0 Å². The van der Waals surface area contributed by atoms with Crippen molar-refractivity contribution in [3.63, 3.8) is 0 Å². The van der Waals surface area contributed by atoms with Gasteiger partial charge in [-0.25, -0.2) is 0 Å². The minimum atomic E-state index is 0.273. The number of nitrogens with two attached hydrogens (primary N) is 1. The molecular weight excluding hydrogens is 333 g/mol. The van der Waals surface area contributed by atoms with Gasteiger partial charge in [0, 0.05) is 12.1 Å². The van der Waals surface area contributed by atoms with E-state index in [1.54, 1.807) is 10.7 Å². The average molecular weight is 349 g/mol. The summed E-state index contributed by atoms with van der Waals surface area (Å²) in [6.07, 6.45) is 0.633. The molecule has 0 aliphatic heterocycles. The number of ether oxygens (including phenoxy) is 1. The summed E-state index contributed by atoms with van der Waals surface area (Å²) in [7, 11) is 1.82. The smallest absolute Gasteiger partial charge is 0.141 e. The molecule has 0 atom stereocenters. The van der Waals surface area contributed by atoms with E-state index in [4.69, 9.17) is 45.3 Å². The number of rotatable bonds is 5. The van der Waals surface area contributed by atoms with Gasteiger partial charge in [0.15, 0.2) is 0 Å². The molecule has 1 aromatic heterocycles. The molecule has 2 N–H and O–H groups in total. The number of hydrogen-bond acceptors (Lipinski definition) is 3. The molecule has 1 heterocycles. The van der Waals surface area contributed by atoms with E-state index in [9.17, 15) is 0 Å². The zero-order valence-electron chi connectivity index (χ0n) is 11.8. The van der Waals surface area contributed by atoms with Crippen LogP contribution in [0.5, 0.6) is 5.75 Å². The lowest BCUT2D eigenvalue weighted by atomic mass is 10.1. The predicted octanol–water partition coefficient (Wildman–Crippen LogP) is 3.77. The molecule has 2 aromatic rings. The minimum absolute atomic E-state index is 0.273. The lowest BCUT2D eigenvalue weighted by Gasteiger charge is -2.14. The summed E-state index contributed by atoms with van der Waals surface area (Å²) in [6.45, 7) is 2.61. The quantitative estimate of drug-likeness (QED) is 0.895. The van der Waals surface area contributed by atoms with Gasteiger partial charge >= 0.3 is 0 Å². The second kappa shape index (κ2) is 6.88. The van der Waals surface area contributed by atoms with Gasteiger partial charge in [0.05, 0.1) is 21.4 Å². The van der Waals surface area contributed by atoms with E-state index >= 15 is 0 Å². The summed E-state index contributed by atoms with van der Waals surface area (Å²) in [5.74, 6) is 0.585. The standard InChI is InChI=1S/C14H16Cl3N3O/c1-8-13(17)12(20(2)19-8)7-21-14-9(3-4-18)5-10(15)6-11(14)16/h5-6H,3-4,7,18H2,1-2H3. The Balaban J connectivity index is 2.27. The second-order valence-electron chi connectivity index (χ2n) is 4.67. The molecule has 1 aromatic carbocycles. The lowest BCUT2D eigenvalue weighted by molar-refractivity contribution is 0.292. The summed E-state index contributed by atoms with van der Waals surface area (Å²) in [6, 6.07) is 3.46. The maximum Gasteiger partial charge on any atom is 0.141 e. The topological polar surface area (TPSA) is 53.1 Å². The molecule has 0 saturated carbocycles. The maximum atomic E-state index is 6.22. The first kappa shape index (κ1) is 16.4. The Hall–Kier alpha value is -0.940. The minimum Gasteiger partial charge on any atom is -0.485 e. The third-order valence-electron chi connectivity index (χ3n) is 3.11. The first-order valence-electron chi connectivity index (χ1n) is 6.42. The molecule has 21 heavy (non-hydrogen) atoms. The van der Waals surface area contributed by atoms with E-state index in [1.165, 1.54) is 0 Å². The molecule has 2 rings (SSSR count). The Bertz CT molecular complexity index is 655. The Labute approximate surface area is 138 Å². The Morgan fingerprint density at radius 1 is 1.29 bits per heavy atom. The number of hydrogen-bond donors (Lipinski definition) is 1. The summed E-state index contributed by atoms with van der Waals surface area (Å²) in [5.41, 5.74) is 8.05. The van der Waals surface area contributed by atoms with Crippen LogP contribution in [0.25, 0.3) is 0 Å². The highest BCUT2D eigenvalue weighted by Crippen LogP contribution is 2.34. The van der Waals surface area contributed by atoms with E-state index in [0.717, 1.165) is 17.0 Å². The highest BCUT2D eigenvalue weighted by atomic mass is 35.5. The monoisotopic (exact) mass is 347 g/mol. The van der Waals surface area contributed by atoms with Crippen molar-refractivity contribution in [3.05, 3.63) is 44.2 Å². The van der Waals surface area contributed by atoms with Crippen LogP contribution in [0, 0.1) is 6.92 Å². The van der Waals surface area contributed by atoms with Crippen LogP contribution in [-0.2, 0) is 20.1 Å². The van der Waals surface area contributed by atoms with Crippen molar-refractivity contribution >= 4 is 34.8 Å². The molecule has 0 aliphatic carbocycles. The normalized spacial score (nSPS) is 11.0. The van der Waals surface area contributed by atoms with Crippen LogP contribution < -0.4 is 10.5 Å². The molecule has 0 amide bonds. The van der Waals surface area contributed by atoms with Gasteiger partial charge in [-0.3, -0.25) is 4.68 Å². The molecule has 0 fully saturated rings. The zero-order valence-corrected chi connectivity index (χ0v) is 14.1. The molecule has 0 radical (unpaired) electrons. The number of halogens is 3. The molecule has 0 spiro atoms. The van der Waals surface area contributed by atoms with E-state index in [0.29, 0.717) is 33.8 Å². The fourth-order valence-corrected chi connectivity index (χ4v) is 2.90. The van der Waals surface area contributed by atoms with E-state index in [-0.39, 0.29) is 6.61 Å². The zero-order chi connectivity index (χ0) is 15.6. The highest BCUT2D eigenvalue weighted by Gasteiger charge is 2.15. The van der Waals surface area contributed by atoms with Crippen molar-refractivity contribution in [2.24, 2.45) is 12.8 Å². The van der Waals surface area contributed by atoms with E-state index < -0.39 is 0 Å². The van der Waals surface area contributed by atoms with Gasteiger partial charge in [-0.2, -0.15) is 5.10 Å². The van der Waals surface area contributed by atoms with E-state index in [1.807, 2.05) is 20.0 Å². The summed E-state index contributed by atoms with van der Waals surface area (Å²) in [4.78, 5) is 0.